The van der Waals surface area contributed by atoms with Crippen LogP contribution in [0.3, 0.4) is 0 Å². The number of hydrogen-bond acceptors (Lipinski definition) is 5. The monoisotopic (exact) mass is 352 g/mol. The van der Waals surface area contributed by atoms with Crippen molar-refractivity contribution in [3.8, 4) is 0 Å². The van der Waals surface area contributed by atoms with Crippen LogP contribution in [0.2, 0.25) is 0 Å². The SMILES string of the molecule is CC1=C2C(=O)N(c3cc(C(F)(F)F)cs3)NN2c2ccccc2N1. The summed E-state index contributed by atoms with van der Waals surface area (Å²) in [5.74, 6) is -0.412. The van der Waals surface area contributed by atoms with Crippen molar-refractivity contribution >= 4 is 33.6 Å². The number of carbonyl (C=O) groups is 1. The lowest BCUT2D eigenvalue weighted by atomic mass is 10.1. The molecule has 1 aromatic carbocycles. The molecule has 124 valence electrons. The summed E-state index contributed by atoms with van der Waals surface area (Å²) in [6.45, 7) is 1.75. The van der Waals surface area contributed by atoms with E-state index in [0.717, 1.165) is 39.2 Å². The van der Waals surface area contributed by atoms with E-state index in [1.165, 1.54) is 0 Å². The standard InChI is InChI=1S/C15H11F3N4OS/c1-8-13-14(23)22(12-6-9(7-24-12)15(16,17)18)20-21(13)11-5-3-2-4-10(11)19-8/h2-7,19-20H,1H3. The van der Waals surface area contributed by atoms with Gasteiger partial charge < -0.3 is 5.32 Å². The van der Waals surface area contributed by atoms with Crippen LogP contribution in [0.5, 0.6) is 0 Å². The number of nitrogens with zero attached hydrogens (tertiary/aromatic N) is 2. The molecule has 24 heavy (non-hydrogen) atoms. The molecular formula is C15H11F3N4OS. The number of alkyl halides is 3. The van der Waals surface area contributed by atoms with Crippen LogP contribution in [0, 0.1) is 0 Å². The molecule has 2 N–H and O–H groups in total. The van der Waals surface area contributed by atoms with Crippen LogP contribution >= 0.6 is 11.3 Å². The van der Waals surface area contributed by atoms with Gasteiger partial charge in [0.15, 0.2) is 0 Å². The Morgan fingerprint density at radius 2 is 1.92 bits per heavy atom. The molecule has 0 spiro atoms. The topological polar surface area (TPSA) is 47.6 Å². The Morgan fingerprint density at radius 3 is 2.62 bits per heavy atom. The van der Waals surface area contributed by atoms with Gasteiger partial charge >= 0.3 is 6.18 Å². The lowest BCUT2D eigenvalue weighted by Crippen LogP contribution is -2.41. The molecule has 0 radical (unpaired) electrons. The van der Waals surface area contributed by atoms with Crippen molar-refractivity contribution in [2.24, 2.45) is 0 Å². The van der Waals surface area contributed by atoms with E-state index in [9.17, 15) is 18.0 Å². The Labute approximate surface area is 138 Å². The number of nitrogens with one attached hydrogen (secondary N) is 2. The first-order chi connectivity index (χ1) is 11.4. The molecule has 3 heterocycles. The molecule has 0 saturated carbocycles. The maximum Gasteiger partial charge on any atom is 0.417 e. The molecule has 9 heteroatoms. The number of anilines is 3. The summed E-state index contributed by atoms with van der Waals surface area (Å²) in [7, 11) is 0. The first kappa shape index (κ1) is 15.0. The summed E-state index contributed by atoms with van der Waals surface area (Å²) in [6, 6.07) is 8.31. The molecule has 2 aliphatic rings. The first-order valence-electron chi connectivity index (χ1n) is 7.00. The fourth-order valence-electron chi connectivity index (χ4n) is 2.68. The molecule has 0 unspecified atom stereocenters. The molecule has 4 rings (SSSR count). The average Bonchev–Trinajstić information content (AvgIpc) is 3.12. The van der Waals surface area contributed by atoms with Crippen molar-refractivity contribution in [1.82, 2.24) is 5.53 Å². The van der Waals surface area contributed by atoms with Gasteiger partial charge in [0.1, 0.15) is 10.7 Å². The molecule has 0 aliphatic carbocycles. The van der Waals surface area contributed by atoms with E-state index in [1.54, 1.807) is 11.9 Å². The number of hydrogen-bond donors (Lipinski definition) is 2. The molecule has 1 aromatic heterocycles. The quantitative estimate of drug-likeness (QED) is 0.822. The molecule has 1 saturated heterocycles. The van der Waals surface area contributed by atoms with E-state index < -0.39 is 17.6 Å². The summed E-state index contributed by atoms with van der Waals surface area (Å²) < 4.78 is 38.4. The number of carbonyl (C=O) groups excluding carboxylic acids is 1. The number of allylic oxidation sites excluding steroid dienone is 1. The van der Waals surface area contributed by atoms with E-state index in [1.807, 2.05) is 24.3 Å². The summed E-state index contributed by atoms with van der Waals surface area (Å²) >= 11 is 0.858. The molecule has 1 amide bonds. The van der Waals surface area contributed by atoms with Crippen molar-refractivity contribution in [2.45, 2.75) is 13.1 Å². The van der Waals surface area contributed by atoms with Crippen molar-refractivity contribution < 1.29 is 18.0 Å². The van der Waals surface area contributed by atoms with E-state index in [-0.39, 0.29) is 5.00 Å². The highest BCUT2D eigenvalue weighted by Crippen LogP contribution is 2.41. The zero-order valence-electron chi connectivity index (χ0n) is 12.3. The summed E-state index contributed by atoms with van der Waals surface area (Å²) in [6.07, 6.45) is -4.44. The number of para-hydroxylation sites is 2. The van der Waals surface area contributed by atoms with Crippen LogP contribution in [0.25, 0.3) is 0 Å². The Bertz CT molecular complexity index is 874. The normalized spacial score (nSPS) is 17.1. The van der Waals surface area contributed by atoms with E-state index in [0.29, 0.717) is 11.4 Å². The van der Waals surface area contributed by atoms with Crippen LogP contribution in [-0.4, -0.2) is 5.91 Å². The zero-order valence-corrected chi connectivity index (χ0v) is 13.1. The Morgan fingerprint density at radius 1 is 1.17 bits per heavy atom. The number of thiophene rings is 1. The molecule has 1 fully saturated rings. The number of halogens is 3. The van der Waals surface area contributed by atoms with Gasteiger partial charge in [-0.25, -0.2) is 10.0 Å². The largest absolute Gasteiger partial charge is 0.417 e. The number of amides is 1. The molecular weight excluding hydrogens is 341 g/mol. The Hall–Kier alpha value is -2.52. The minimum atomic E-state index is -4.44. The van der Waals surface area contributed by atoms with Crippen LogP contribution in [0.4, 0.5) is 29.5 Å². The fourth-order valence-corrected chi connectivity index (χ4v) is 3.55. The second-order valence-corrected chi connectivity index (χ2v) is 6.25. The third-order valence-corrected chi connectivity index (χ3v) is 4.70. The molecule has 2 aromatic rings. The third-order valence-electron chi connectivity index (χ3n) is 3.78. The van der Waals surface area contributed by atoms with Gasteiger partial charge in [-0.15, -0.1) is 16.9 Å². The van der Waals surface area contributed by atoms with E-state index >= 15 is 0 Å². The molecule has 0 bridgehead atoms. The predicted octanol–water partition coefficient (Wildman–Crippen LogP) is 3.70. The van der Waals surface area contributed by atoms with Gasteiger partial charge in [-0.3, -0.25) is 4.79 Å². The average molecular weight is 352 g/mol. The van der Waals surface area contributed by atoms with Crippen LogP contribution in [0.1, 0.15) is 12.5 Å². The highest BCUT2D eigenvalue weighted by Gasteiger charge is 2.41. The highest BCUT2D eigenvalue weighted by atomic mass is 32.1. The number of rotatable bonds is 1. The van der Waals surface area contributed by atoms with Crippen molar-refractivity contribution in [3.63, 3.8) is 0 Å². The minimum Gasteiger partial charge on any atom is -0.355 e. The van der Waals surface area contributed by atoms with E-state index in [2.05, 4.69) is 10.9 Å². The highest BCUT2D eigenvalue weighted by molar-refractivity contribution is 7.14. The molecule has 5 nitrogen and oxygen atoms in total. The van der Waals surface area contributed by atoms with Crippen LogP contribution in [-0.2, 0) is 11.0 Å². The lowest BCUT2D eigenvalue weighted by molar-refractivity contribution is -0.137. The Balaban J connectivity index is 1.74. The summed E-state index contributed by atoms with van der Waals surface area (Å²) in [5.41, 5.74) is 4.62. The van der Waals surface area contributed by atoms with Crippen LogP contribution < -0.4 is 20.9 Å². The van der Waals surface area contributed by atoms with Crippen molar-refractivity contribution in [3.05, 3.63) is 52.7 Å². The van der Waals surface area contributed by atoms with Crippen LogP contribution in [0.15, 0.2) is 47.1 Å². The second-order valence-electron chi connectivity index (χ2n) is 5.36. The van der Waals surface area contributed by atoms with Crippen molar-refractivity contribution in [1.29, 1.82) is 0 Å². The predicted molar refractivity (Wildman–Crippen MR) is 85.2 cm³/mol. The zero-order chi connectivity index (χ0) is 17.1. The van der Waals surface area contributed by atoms with Gasteiger partial charge in [-0.1, -0.05) is 12.1 Å². The van der Waals surface area contributed by atoms with Crippen molar-refractivity contribution in [2.75, 3.05) is 15.3 Å². The number of hydrazine groups is 2. The third kappa shape index (κ3) is 2.16. The fraction of sp³-hybridized carbons (Fsp3) is 0.133. The van der Waals surface area contributed by atoms with Gasteiger partial charge in [-0.05, 0) is 25.1 Å². The number of fused-ring (bicyclic) bond motifs is 3. The summed E-state index contributed by atoms with van der Waals surface area (Å²) in [4.78, 5) is 12.7. The number of benzene rings is 1. The first-order valence-corrected chi connectivity index (χ1v) is 7.88. The smallest absolute Gasteiger partial charge is 0.355 e. The maximum atomic E-state index is 12.8. The maximum absolute atomic E-state index is 12.8. The summed E-state index contributed by atoms with van der Waals surface area (Å²) in [5, 5.41) is 7.02. The van der Waals surface area contributed by atoms with Gasteiger partial charge in [0, 0.05) is 11.1 Å². The van der Waals surface area contributed by atoms with E-state index in [4.69, 9.17) is 0 Å². The second kappa shape index (κ2) is 4.99. The lowest BCUT2D eigenvalue weighted by Gasteiger charge is -2.27. The molecule has 0 atom stereocenters. The Kier molecular flexibility index (Phi) is 3.12. The van der Waals surface area contributed by atoms with Gasteiger partial charge in [0.05, 0.1) is 16.9 Å². The molecule has 2 aliphatic heterocycles. The van der Waals surface area contributed by atoms with Gasteiger partial charge in [0.25, 0.3) is 5.91 Å². The minimum absolute atomic E-state index is 0.180. The van der Waals surface area contributed by atoms with Gasteiger partial charge in [0.2, 0.25) is 0 Å². The van der Waals surface area contributed by atoms with Gasteiger partial charge in [-0.2, -0.15) is 13.2 Å².